The normalized spacial score (nSPS) is 24.1. The molecule has 0 aromatic heterocycles. The van der Waals surface area contributed by atoms with E-state index in [2.05, 4.69) is 5.32 Å². The SMILES string of the molecule is CC(C)(C)OC(=O)N1CCC2(CC1)C[NH2+]CCO2. The average Bonchev–Trinajstić information content (AvgIpc) is 2.28. The Labute approximate surface area is 109 Å². The molecule has 2 rings (SSSR count). The predicted molar refractivity (Wildman–Crippen MR) is 67.4 cm³/mol. The van der Waals surface area contributed by atoms with Gasteiger partial charge in [0.05, 0.1) is 13.2 Å². The van der Waals surface area contributed by atoms with E-state index in [1.165, 1.54) is 0 Å². The van der Waals surface area contributed by atoms with Crippen LogP contribution >= 0.6 is 0 Å². The molecule has 0 atom stereocenters. The summed E-state index contributed by atoms with van der Waals surface area (Å²) in [6.45, 7) is 10.1. The summed E-state index contributed by atoms with van der Waals surface area (Å²) in [6, 6.07) is 0. The first kappa shape index (κ1) is 13.6. The maximum atomic E-state index is 11.9. The quantitative estimate of drug-likeness (QED) is 0.681. The minimum absolute atomic E-state index is 0.00321. The molecule has 0 unspecified atom stereocenters. The lowest BCUT2D eigenvalue weighted by molar-refractivity contribution is -0.686. The van der Waals surface area contributed by atoms with E-state index in [9.17, 15) is 4.79 Å². The van der Waals surface area contributed by atoms with Crippen molar-refractivity contribution in [3.63, 3.8) is 0 Å². The number of carbonyl (C=O) groups is 1. The molecule has 0 aromatic carbocycles. The summed E-state index contributed by atoms with van der Waals surface area (Å²) >= 11 is 0. The fourth-order valence-corrected chi connectivity index (χ4v) is 2.55. The van der Waals surface area contributed by atoms with Gasteiger partial charge < -0.3 is 19.7 Å². The summed E-state index contributed by atoms with van der Waals surface area (Å²) in [6.07, 6.45) is 1.64. The Morgan fingerprint density at radius 3 is 2.50 bits per heavy atom. The molecular weight excluding hydrogens is 232 g/mol. The van der Waals surface area contributed by atoms with Gasteiger partial charge >= 0.3 is 6.09 Å². The maximum Gasteiger partial charge on any atom is 0.410 e. The largest absolute Gasteiger partial charge is 0.444 e. The second-order valence-electron chi connectivity index (χ2n) is 6.28. The average molecular weight is 257 g/mol. The number of likely N-dealkylation sites (tertiary alicyclic amines) is 1. The van der Waals surface area contributed by atoms with E-state index >= 15 is 0 Å². The number of nitrogens with zero attached hydrogens (tertiary/aromatic N) is 1. The number of morpholine rings is 1. The van der Waals surface area contributed by atoms with Crippen LogP contribution in [0, 0.1) is 0 Å². The Hall–Kier alpha value is -0.810. The lowest BCUT2D eigenvalue weighted by atomic mass is 9.90. The minimum Gasteiger partial charge on any atom is -0.444 e. The first-order valence-electron chi connectivity index (χ1n) is 6.84. The van der Waals surface area contributed by atoms with Crippen LogP contribution in [0.3, 0.4) is 0 Å². The van der Waals surface area contributed by atoms with E-state index < -0.39 is 5.60 Å². The van der Waals surface area contributed by atoms with Gasteiger partial charge in [-0.3, -0.25) is 0 Å². The van der Waals surface area contributed by atoms with Crippen LogP contribution in [-0.2, 0) is 9.47 Å². The van der Waals surface area contributed by atoms with Gasteiger partial charge in [-0.15, -0.1) is 0 Å². The Morgan fingerprint density at radius 1 is 1.33 bits per heavy atom. The molecule has 2 aliphatic heterocycles. The van der Waals surface area contributed by atoms with Crippen LogP contribution in [0.4, 0.5) is 4.79 Å². The standard InChI is InChI=1S/C13H24N2O3/c1-12(2,3)18-11(16)15-7-4-13(5-8-15)10-14-6-9-17-13/h14H,4-10H2,1-3H3/p+1. The molecule has 2 heterocycles. The summed E-state index contributed by atoms with van der Waals surface area (Å²) in [5.41, 5.74) is -0.419. The highest BCUT2D eigenvalue weighted by molar-refractivity contribution is 5.68. The van der Waals surface area contributed by atoms with E-state index in [-0.39, 0.29) is 11.7 Å². The van der Waals surface area contributed by atoms with Gasteiger partial charge in [-0.2, -0.15) is 0 Å². The lowest BCUT2D eigenvalue weighted by Gasteiger charge is -2.42. The van der Waals surface area contributed by atoms with Crippen molar-refractivity contribution in [2.24, 2.45) is 0 Å². The monoisotopic (exact) mass is 257 g/mol. The number of carbonyl (C=O) groups excluding carboxylic acids is 1. The second-order valence-corrected chi connectivity index (χ2v) is 6.28. The number of amides is 1. The Morgan fingerprint density at radius 2 is 2.00 bits per heavy atom. The van der Waals surface area contributed by atoms with Crippen molar-refractivity contribution in [3.8, 4) is 0 Å². The van der Waals surface area contributed by atoms with Crippen molar-refractivity contribution in [2.75, 3.05) is 32.8 Å². The van der Waals surface area contributed by atoms with Gasteiger partial charge in [0.25, 0.3) is 0 Å². The van der Waals surface area contributed by atoms with Gasteiger partial charge in [0, 0.05) is 13.1 Å². The molecule has 2 fully saturated rings. The van der Waals surface area contributed by atoms with Crippen LogP contribution in [0.15, 0.2) is 0 Å². The molecular formula is C13H25N2O3+. The van der Waals surface area contributed by atoms with Crippen molar-refractivity contribution in [3.05, 3.63) is 0 Å². The molecule has 0 aromatic rings. The summed E-state index contributed by atoms with van der Waals surface area (Å²) in [5.74, 6) is 0. The smallest absolute Gasteiger partial charge is 0.410 e. The molecule has 1 spiro atoms. The zero-order valence-corrected chi connectivity index (χ0v) is 11.7. The first-order chi connectivity index (χ1) is 8.40. The molecule has 2 saturated heterocycles. The van der Waals surface area contributed by atoms with Crippen LogP contribution < -0.4 is 5.32 Å². The Bertz CT molecular complexity index is 296. The molecule has 104 valence electrons. The zero-order valence-electron chi connectivity index (χ0n) is 11.7. The number of nitrogens with two attached hydrogens (primary N) is 1. The van der Waals surface area contributed by atoms with Gasteiger partial charge in [0.15, 0.2) is 0 Å². The molecule has 5 heteroatoms. The third-order valence-electron chi connectivity index (χ3n) is 3.57. The van der Waals surface area contributed by atoms with Gasteiger partial charge in [-0.1, -0.05) is 0 Å². The Kier molecular flexibility index (Phi) is 3.82. The molecule has 0 radical (unpaired) electrons. The van der Waals surface area contributed by atoms with Crippen molar-refractivity contribution in [1.29, 1.82) is 0 Å². The summed E-state index contributed by atoms with van der Waals surface area (Å²) < 4.78 is 11.3. The predicted octanol–water partition coefficient (Wildman–Crippen LogP) is 0.350. The topological polar surface area (TPSA) is 55.4 Å². The molecule has 0 aliphatic carbocycles. The van der Waals surface area contributed by atoms with Gasteiger partial charge in [0.1, 0.15) is 17.7 Å². The number of hydrogen-bond donors (Lipinski definition) is 1. The minimum atomic E-state index is -0.415. The van der Waals surface area contributed by atoms with Crippen LogP contribution in [0.5, 0.6) is 0 Å². The van der Waals surface area contributed by atoms with Gasteiger partial charge in [0.2, 0.25) is 0 Å². The molecule has 0 saturated carbocycles. The number of hydrogen-bond acceptors (Lipinski definition) is 3. The molecule has 2 N–H and O–H groups in total. The number of piperidine rings is 1. The van der Waals surface area contributed by atoms with Crippen LogP contribution in [0.2, 0.25) is 0 Å². The first-order valence-corrected chi connectivity index (χ1v) is 6.84. The van der Waals surface area contributed by atoms with E-state index in [0.29, 0.717) is 0 Å². The third kappa shape index (κ3) is 3.36. The highest BCUT2D eigenvalue weighted by Gasteiger charge is 2.41. The maximum absolute atomic E-state index is 11.9. The number of rotatable bonds is 0. The molecule has 2 aliphatic rings. The highest BCUT2D eigenvalue weighted by Crippen LogP contribution is 2.26. The number of quaternary nitrogens is 1. The van der Waals surface area contributed by atoms with Crippen molar-refractivity contribution < 1.29 is 19.6 Å². The fraction of sp³-hybridized carbons (Fsp3) is 0.923. The van der Waals surface area contributed by atoms with Crippen LogP contribution in [0.25, 0.3) is 0 Å². The van der Waals surface area contributed by atoms with Gasteiger partial charge in [-0.25, -0.2) is 4.79 Å². The van der Waals surface area contributed by atoms with E-state index in [0.717, 1.165) is 45.6 Å². The van der Waals surface area contributed by atoms with Crippen molar-refractivity contribution in [2.45, 2.75) is 44.8 Å². The lowest BCUT2D eigenvalue weighted by Crippen LogP contribution is -2.92. The highest BCUT2D eigenvalue weighted by atomic mass is 16.6. The second kappa shape index (κ2) is 5.05. The molecule has 5 nitrogen and oxygen atoms in total. The summed E-state index contributed by atoms with van der Waals surface area (Å²) in [7, 11) is 0. The zero-order chi connectivity index (χ0) is 13.2. The van der Waals surface area contributed by atoms with E-state index in [1.54, 1.807) is 4.90 Å². The van der Waals surface area contributed by atoms with Crippen molar-refractivity contribution in [1.82, 2.24) is 4.90 Å². The molecule has 1 amide bonds. The van der Waals surface area contributed by atoms with Crippen LogP contribution in [-0.4, -0.2) is 55.0 Å². The number of ether oxygens (including phenoxy) is 2. The van der Waals surface area contributed by atoms with Crippen LogP contribution in [0.1, 0.15) is 33.6 Å². The Balaban J connectivity index is 1.84. The van der Waals surface area contributed by atoms with E-state index in [4.69, 9.17) is 9.47 Å². The molecule has 0 bridgehead atoms. The van der Waals surface area contributed by atoms with Crippen molar-refractivity contribution >= 4 is 6.09 Å². The summed E-state index contributed by atoms with van der Waals surface area (Å²) in [5, 5.41) is 2.31. The third-order valence-corrected chi connectivity index (χ3v) is 3.57. The molecule has 18 heavy (non-hydrogen) atoms. The summed E-state index contributed by atoms with van der Waals surface area (Å²) in [4.78, 5) is 13.7. The van der Waals surface area contributed by atoms with E-state index in [1.807, 2.05) is 20.8 Å². The fourth-order valence-electron chi connectivity index (χ4n) is 2.55. The van der Waals surface area contributed by atoms with Gasteiger partial charge in [-0.05, 0) is 33.6 Å².